The predicted octanol–water partition coefficient (Wildman–Crippen LogP) is 3.30. The average Bonchev–Trinajstić information content (AvgIpc) is 2.67. The predicted molar refractivity (Wildman–Crippen MR) is 74.1 cm³/mol. The Kier molecular flexibility index (Phi) is 4.04. The lowest BCUT2D eigenvalue weighted by Crippen LogP contribution is -2.00. The molecule has 2 rings (SSSR count). The second-order valence-corrected chi connectivity index (χ2v) is 5.49. The third-order valence-corrected chi connectivity index (χ3v) is 3.44. The molecule has 18 heavy (non-hydrogen) atoms. The molecule has 6 heteroatoms. The van der Waals surface area contributed by atoms with Gasteiger partial charge >= 0.3 is 0 Å². The first-order valence-electron chi connectivity index (χ1n) is 5.54. The van der Waals surface area contributed by atoms with E-state index in [0.29, 0.717) is 16.5 Å². The van der Waals surface area contributed by atoms with Gasteiger partial charge < -0.3 is 5.11 Å². The second kappa shape index (κ2) is 5.38. The van der Waals surface area contributed by atoms with E-state index in [1.165, 1.54) is 0 Å². The van der Waals surface area contributed by atoms with E-state index in [2.05, 4.69) is 26.0 Å². The van der Waals surface area contributed by atoms with Crippen LogP contribution in [0.3, 0.4) is 0 Å². The molecule has 0 radical (unpaired) electrons. The van der Waals surface area contributed by atoms with Crippen LogP contribution in [0.25, 0.3) is 5.82 Å². The van der Waals surface area contributed by atoms with Gasteiger partial charge in [0.25, 0.3) is 0 Å². The minimum absolute atomic E-state index is 0.122. The van der Waals surface area contributed by atoms with Crippen molar-refractivity contribution in [3.8, 4) is 5.82 Å². The monoisotopic (exact) mass is 329 g/mol. The Hall–Kier alpha value is -0.910. The lowest BCUT2D eigenvalue weighted by Gasteiger charge is -2.02. The first-order chi connectivity index (χ1) is 8.54. The third-order valence-electron chi connectivity index (χ3n) is 2.59. The number of aliphatic hydroxyl groups is 1. The maximum atomic E-state index is 9.39. The average molecular weight is 331 g/mol. The van der Waals surface area contributed by atoms with Crippen molar-refractivity contribution in [2.24, 2.45) is 0 Å². The summed E-state index contributed by atoms with van der Waals surface area (Å²) in [5.41, 5.74) is 1.46. The van der Waals surface area contributed by atoms with Gasteiger partial charge in [0, 0.05) is 16.2 Å². The Labute approximate surface area is 119 Å². The van der Waals surface area contributed by atoms with Gasteiger partial charge in [0.15, 0.2) is 5.82 Å². The number of pyridine rings is 1. The molecule has 0 atom stereocenters. The van der Waals surface area contributed by atoms with E-state index in [4.69, 9.17) is 11.6 Å². The van der Waals surface area contributed by atoms with Gasteiger partial charge in [-0.2, -0.15) is 5.10 Å². The van der Waals surface area contributed by atoms with Crippen molar-refractivity contribution in [2.45, 2.75) is 26.4 Å². The Bertz CT molecular complexity index is 551. The minimum atomic E-state index is -0.122. The number of halogens is 2. The molecule has 0 aromatic carbocycles. The van der Waals surface area contributed by atoms with Crippen LogP contribution in [0.5, 0.6) is 0 Å². The smallest absolute Gasteiger partial charge is 0.155 e. The first-order valence-corrected chi connectivity index (χ1v) is 6.71. The van der Waals surface area contributed by atoms with Gasteiger partial charge in [0.1, 0.15) is 5.15 Å². The Morgan fingerprint density at radius 2 is 2.17 bits per heavy atom. The molecule has 4 nitrogen and oxygen atoms in total. The third kappa shape index (κ3) is 2.43. The summed E-state index contributed by atoms with van der Waals surface area (Å²) in [6, 6.07) is 3.68. The number of aliphatic hydroxyl groups excluding tert-OH is 1. The van der Waals surface area contributed by atoms with Crippen LogP contribution < -0.4 is 0 Å². The zero-order valence-electron chi connectivity index (χ0n) is 10.1. The fraction of sp³-hybridized carbons (Fsp3) is 0.333. The molecule has 0 unspecified atom stereocenters. The van der Waals surface area contributed by atoms with Crippen molar-refractivity contribution in [1.82, 2.24) is 14.8 Å². The molecule has 1 N–H and O–H groups in total. The van der Waals surface area contributed by atoms with Crippen molar-refractivity contribution in [1.29, 1.82) is 0 Å². The molecular weight excluding hydrogens is 318 g/mol. The molecule has 2 aromatic rings. The highest BCUT2D eigenvalue weighted by Gasteiger charge is 2.19. The molecule has 96 valence electrons. The lowest BCUT2D eigenvalue weighted by atomic mass is 10.1. The van der Waals surface area contributed by atoms with E-state index < -0.39 is 0 Å². The molecule has 0 aliphatic carbocycles. The summed E-state index contributed by atoms with van der Waals surface area (Å²) in [6.45, 7) is 3.90. The SMILES string of the molecule is CC(C)c1nn(-c2ccc(Br)cn2)c(Cl)c1CO. The van der Waals surface area contributed by atoms with E-state index >= 15 is 0 Å². The van der Waals surface area contributed by atoms with E-state index in [-0.39, 0.29) is 12.5 Å². The van der Waals surface area contributed by atoms with Crippen molar-refractivity contribution in [3.63, 3.8) is 0 Å². The molecule has 0 aliphatic rings. The van der Waals surface area contributed by atoms with Gasteiger partial charge in [-0.1, -0.05) is 25.4 Å². The molecule has 0 fully saturated rings. The number of rotatable bonds is 3. The summed E-state index contributed by atoms with van der Waals surface area (Å²) >= 11 is 9.56. The lowest BCUT2D eigenvalue weighted by molar-refractivity contribution is 0.280. The summed E-state index contributed by atoms with van der Waals surface area (Å²) < 4.78 is 2.44. The molecule has 0 bridgehead atoms. The van der Waals surface area contributed by atoms with E-state index in [1.807, 2.05) is 26.0 Å². The Morgan fingerprint density at radius 3 is 2.61 bits per heavy atom. The molecule has 0 saturated carbocycles. The van der Waals surface area contributed by atoms with Crippen molar-refractivity contribution >= 4 is 27.5 Å². The number of nitrogens with zero attached hydrogens (tertiary/aromatic N) is 3. The normalized spacial score (nSPS) is 11.2. The number of hydrogen-bond acceptors (Lipinski definition) is 3. The fourth-order valence-corrected chi connectivity index (χ4v) is 2.22. The van der Waals surface area contributed by atoms with E-state index in [9.17, 15) is 5.11 Å². The first kappa shape index (κ1) is 13.5. The zero-order chi connectivity index (χ0) is 13.3. The maximum absolute atomic E-state index is 9.39. The summed E-state index contributed by atoms with van der Waals surface area (Å²) in [6.07, 6.45) is 1.68. The molecule has 2 heterocycles. The van der Waals surface area contributed by atoms with Crippen LogP contribution in [-0.2, 0) is 6.61 Å². The molecule has 0 amide bonds. The molecule has 0 spiro atoms. The van der Waals surface area contributed by atoms with Crippen molar-refractivity contribution in [2.75, 3.05) is 0 Å². The van der Waals surface area contributed by atoms with Crippen LogP contribution in [0.2, 0.25) is 5.15 Å². The summed E-state index contributed by atoms with van der Waals surface area (Å²) in [7, 11) is 0. The van der Waals surface area contributed by atoms with Crippen LogP contribution in [0, 0.1) is 0 Å². The Balaban J connectivity index is 2.55. The quantitative estimate of drug-likeness (QED) is 0.939. The van der Waals surface area contributed by atoms with Crippen LogP contribution >= 0.6 is 27.5 Å². The highest BCUT2D eigenvalue weighted by atomic mass is 79.9. The maximum Gasteiger partial charge on any atom is 0.155 e. The minimum Gasteiger partial charge on any atom is -0.391 e. The van der Waals surface area contributed by atoms with Crippen LogP contribution in [-0.4, -0.2) is 19.9 Å². The zero-order valence-corrected chi connectivity index (χ0v) is 12.4. The Morgan fingerprint density at radius 1 is 1.44 bits per heavy atom. The highest BCUT2D eigenvalue weighted by molar-refractivity contribution is 9.10. The molecule has 2 aromatic heterocycles. The topological polar surface area (TPSA) is 50.9 Å². The van der Waals surface area contributed by atoms with Crippen molar-refractivity contribution < 1.29 is 5.11 Å². The summed E-state index contributed by atoms with van der Waals surface area (Å²) in [5.74, 6) is 0.825. The van der Waals surface area contributed by atoms with Crippen molar-refractivity contribution in [3.05, 3.63) is 39.2 Å². The van der Waals surface area contributed by atoms with Gasteiger partial charge in [0.2, 0.25) is 0 Å². The molecular formula is C12H13BrClN3O. The largest absolute Gasteiger partial charge is 0.391 e. The van der Waals surface area contributed by atoms with E-state index in [0.717, 1.165) is 10.2 Å². The second-order valence-electron chi connectivity index (χ2n) is 4.21. The van der Waals surface area contributed by atoms with Gasteiger partial charge in [0.05, 0.1) is 12.3 Å². The van der Waals surface area contributed by atoms with Crippen LogP contribution in [0.15, 0.2) is 22.8 Å². The van der Waals surface area contributed by atoms with Gasteiger partial charge in [-0.15, -0.1) is 0 Å². The highest BCUT2D eigenvalue weighted by Crippen LogP contribution is 2.27. The van der Waals surface area contributed by atoms with Gasteiger partial charge in [-0.25, -0.2) is 9.67 Å². The molecule has 0 saturated heterocycles. The summed E-state index contributed by atoms with van der Waals surface area (Å²) in [4.78, 5) is 4.24. The van der Waals surface area contributed by atoms with Gasteiger partial charge in [-0.05, 0) is 34.0 Å². The fourth-order valence-electron chi connectivity index (χ4n) is 1.70. The van der Waals surface area contributed by atoms with E-state index in [1.54, 1.807) is 10.9 Å². The summed E-state index contributed by atoms with van der Waals surface area (Å²) in [5, 5.41) is 14.2. The standard InChI is InChI=1S/C12H13BrClN3O/c1-7(2)11-9(6-18)12(14)17(16-11)10-4-3-8(13)5-15-10/h3-5,7,18H,6H2,1-2H3. The van der Waals surface area contributed by atoms with Crippen LogP contribution in [0.4, 0.5) is 0 Å². The van der Waals surface area contributed by atoms with Crippen LogP contribution in [0.1, 0.15) is 31.0 Å². The number of aromatic nitrogens is 3. The molecule has 0 aliphatic heterocycles. The number of hydrogen-bond donors (Lipinski definition) is 1. The van der Waals surface area contributed by atoms with Gasteiger partial charge in [-0.3, -0.25) is 0 Å².